The molecule has 2 N–H and O–H groups in total. The van der Waals surface area contributed by atoms with E-state index in [1.54, 1.807) is 0 Å². The molecule has 2 atom stereocenters. The molecule has 0 radical (unpaired) electrons. The zero-order chi connectivity index (χ0) is 11.5. The van der Waals surface area contributed by atoms with Gasteiger partial charge in [0.05, 0.1) is 6.04 Å². The maximum absolute atomic E-state index is 5.70. The summed E-state index contributed by atoms with van der Waals surface area (Å²) in [6.07, 6.45) is 3.01. The lowest BCUT2D eigenvalue weighted by Crippen LogP contribution is -2.23. The lowest BCUT2D eigenvalue weighted by molar-refractivity contribution is 0.254. The van der Waals surface area contributed by atoms with Gasteiger partial charge < -0.3 is 10.3 Å². The fourth-order valence-electron chi connectivity index (χ4n) is 2.26. The number of nitrogens with two attached hydrogens (primary N) is 1. The molecule has 16 heavy (non-hydrogen) atoms. The molecule has 1 fully saturated rings. The second kappa shape index (κ2) is 4.93. The molecular weight excluding hydrogens is 204 g/mol. The number of hydrogen-bond acceptors (Lipinski definition) is 5. The molecule has 0 spiro atoms. The molecular formula is C11H20N4O. The van der Waals surface area contributed by atoms with Gasteiger partial charge in [-0.3, -0.25) is 4.90 Å². The topological polar surface area (TPSA) is 68.2 Å². The molecule has 0 aromatic carbocycles. The van der Waals surface area contributed by atoms with Crippen molar-refractivity contribution in [2.75, 3.05) is 13.1 Å². The minimum absolute atomic E-state index is 0.0687. The second-order valence-corrected chi connectivity index (χ2v) is 4.51. The van der Waals surface area contributed by atoms with Crippen LogP contribution in [-0.4, -0.2) is 34.2 Å². The molecule has 5 heteroatoms. The van der Waals surface area contributed by atoms with E-state index in [0.717, 1.165) is 25.3 Å². The molecule has 0 saturated carbocycles. The SMILES string of the molecule is CCN1CCCC1c1noc(CC(C)N)n1. The molecule has 2 heterocycles. The quantitative estimate of drug-likeness (QED) is 0.830. The molecule has 2 unspecified atom stereocenters. The van der Waals surface area contributed by atoms with E-state index in [2.05, 4.69) is 22.0 Å². The first-order valence-electron chi connectivity index (χ1n) is 6.02. The van der Waals surface area contributed by atoms with E-state index in [1.165, 1.54) is 6.42 Å². The van der Waals surface area contributed by atoms with Crippen molar-refractivity contribution in [3.63, 3.8) is 0 Å². The molecule has 1 aromatic rings. The van der Waals surface area contributed by atoms with Crippen LogP contribution in [0.4, 0.5) is 0 Å². The normalized spacial score (nSPS) is 23.8. The summed E-state index contributed by atoms with van der Waals surface area (Å²) in [6, 6.07) is 0.412. The molecule has 1 aliphatic heterocycles. The number of rotatable bonds is 4. The Morgan fingerprint density at radius 3 is 3.12 bits per heavy atom. The van der Waals surface area contributed by atoms with E-state index >= 15 is 0 Å². The summed E-state index contributed by atoms with van der Waals surface area (Å²) in [4.78, 5) is 6.82. The maximum atomic E-state index is 5.70. The minimum Gasteiger partial charge on any atom is -0.339 e. The van der Waals surface area contributed by atoms with Crippen LogP contribution in [0.1, 0.15) is 44.4 Å². The largest absolute Gasteiger partial charge is 0.339 e. The van der Waals surface area contributed by atoms with E-state index < -0.39 is 0 Å². The summed E-state index contributed by atoms with van der Waals surface area (Å²) in [7, 11) is 0. The Morgan fingerprint density at radius 2 is 2.44 bits per heavy atom. The summed E-state index contributed by atoms with van der Waals surface area (Å²) < 4.78 is 5.21. The van der Waals surface area contributed by atoms with E-state index in [9.17, 15) is 0 Å². The van der Waals surface area contributed by atoms with Gasteiger partial charge >= 0.3 is 0 Å². The highest BCUT2D eigenvalue weighted by Crippen LogP contribution is 2.29. The third-order valence-corrected chi connectivity index (χ3v) is 3.05. The standard InChI is InChI=1S/C11H20N4O/c1-3-15-6-4-5-9(15)11-13-10(16-14-11)7-8(2)12/h8-9H,3-7,12H2,1-2H3. The lowest BCUT2D eigenvalue weighted by Gasteiger charge is -2.18. The van der Waals surface area contributed by atoms with Gasteiger partial charge in [-0.15, -0.1) is 0 Å². The monoisotopic (exact) mass is 224 g/mol. The van der Waals surface area contributed by atoms with Gasteiger partial charge in [0.15, 0.2) is 5.82 Å². The van der Waals surface area contributed by atoms with Gasteiger partial charge in [0.2, 0.25) is 5.89 Å². The van der Waals surface area contributed by atoms with Crippen molar-refractivity contribution in [2.24, 2.45) is 5.73 Å². The molecule has 5 nitrogen and oxygen atoms in total. The Hall–Kier alpha value is -0.940. The van der Waals surface area contributed by atoms with Crippen molar-refractivity contribution in [2.45, 2.75) is 45.2 Å². The highest BCUT2D eigenvalue weighted by atomic mass is 16.5. The Balaban J connectivity index is 2.06. The molecule has 0 amide bonds. The molecule has 1 aromatic heterocycles. The first-order valence-corrected chi connectivity index (χ1v) is 6.02. The van der Waals surface area contributed by atoms with Gasteiger partial charge in [-0.1, -0.05) is 12.1 Å². The van der Waals surface area contributed by atoms with Crippen LogP contribution in [0, 0.1) is 0 Å². The maximum Gasteiger partial charge on any atom is 0.228 e. The molecule has 2 rings (SSSR count). The van der Waals surface area contributed by atoms with Gasteiger partial charge in [-0.2, -0.15) is 4.98 Å². The summed E-state index contributed by atoms with van der Waals surface area (Å²) >= 11 is 0. The summed E-state index contributed by atoms with van der Waals surface area (Å²) in [5.74, 6) is 1.49. The lowest BCUT2D eigenvalue weighted by atomic mass is 10.2. The highest BCUT2D eigenvalue weighted by Gasteiger charge is 2.28. The number of aromatic nitrogens is 2. The number of nitrogens with zero attached hydrogens (tertiary/aromatic N) is 3. The van der Waals surface area contributed by atoms with Crippen molar-refractivity contribution < 1.29 is 4.52 Å². The average Bonchev–Trinajstić information content (AvgIpc) is 2.83. The van der Waals surface area contributed by atoms with Crippen LogP contribution in [0.25, 0.3) is 0 Å². The van der Waals surface area contributed by atoms with Crippen LogP contribution in [0.2, 0.25) is 0 Å². The van der Waals surface area contributed by atoms with Crippen LogP contribution in [0.3, 0.4) is 0 Å². The second-order valence-electron chi connectivity index (χ2n) is 4.51. The smallest absolute Gasteiger partial charge is 0.228 e. The van der Waals surface area contributed by atoms with Crippen LogP contribution in [0.5, 0.6) is 0 Å². The minimum atomic E-state index is 0.0687. The summed E-state index contributed by atoms with van der Waals surface area (Å²) in [5, 5.41) is 4.07. The predicted octanol–water partition coefficient (Wildman–Crippen LogP) is 1.12. The molecule has 1 saturated heterocycles. The zero-order valence-electron chi connectivity index (χ0n) is 10.0. The fraction of sp³-hybridized carbons (Fsp3) is 0.818. The molecule has 0 aliphatic carbocycles. The van der Waals surface area contributed by atoms with Gasteiger partial charge in [0.1, 0.15) is 0 Å². The summed E-state index contributed by atoms with van der Waals surface area (Å²) in [6.45, 7) is 6.29. The van der Waals surface area contributed by atoms with E-state index in [-0.39, 0.29) is 6.04 Å². The van der Waals surface area contributed by atoms with Crippen LogP contribution in [0.15, 0.2) is 4.52 Å². The van der Waals surface area contributed by atoms with Gasteiger partial charge in [0.25, 0.3) is 0 Å². The van der Waals surface area contributed by atoms with E-state index in [1.807, 2.05) is 6.92 Å². The third-order valence-electron chi connectivity index (χ3n) is 3.05. The van der Waals surface area contributed by atoms with Crippen molar-refractivity contribution in [1.29, 1.82) is 0 Å². The molecule has 1 aliphatic rings. The van der Waals surface area contributed by atoms with Gasteiger partial charge in [0, 0.05) is 12.5 Å². The molecule has 0 bridgehead atoms. The van der Waals surface area contributed by atoms with Gasteiger partial charge in [-0.05, 0) is 32.9 Å². The predicted molar refractivity (Wildman–Crippen MR) is 60.9 cm³/mol. The van der Waals surface area contributed by atoms with Gasteiger partial charge in [-0.25, -0.2) is 0 Å². The van der Waals surface area contributed by atoms with Crippen LogP contribution < -0.4 is 5.73 Å². The van der Waals surface area contributed by atoms with Crippen LogP contribution in [-0.2, 0) is 6.42 Å². The Morgan fingerprint density at radius 1 is 1.62 bits per heavy atom. The third kappa shape index (κ3) is 2.41. The first kappa shape index (κ1) is 11.5. The zero-order valence-corrected chi connectivity index (χ0v) is 10.0. The molecule has 90 valence electrons. The van der Waals surface area contributed by atoms with Crippen molar-refractivity contribution >= 4 is 0 Å². The Bertz CT molecular complexity index is 336. The van der Waals surface area contributed by atoms with E-state index in [0.29, 0.717) is 18.4 Å². The van der Waals surface area contributed by atoms with Crippen molar-refractivity contribution in [1.82, 2.24) is 15.0 Å². The summed E-state index contributed by atoms with van der Waals surface area (Å²) in [5.41, 5.74) is 5.70. The Labute approximate surface area is 96.0 Å². The average molecular weight is 224 g/mol. The Kier molecular flexibility index (Phi) is 3.56. The van der Waals surface area contributed by atoms with Crippen molar-refractivity contribution in [3.8, 4) is 0 Å². The fourth-order valence-corrected chi connectivity index (χ4v) is 2.26. The number of likely N-dealkylation sites (tertiary alicyclic amines) is 1. The number of hydrogen-bond donors (Lipinski definition) is 1. The highest BCUT2D eigenvalue weighted by molar-refractivity contribution is 4.98. The van der Waals surface area contributed by atoms with Crippen molar-refractivity contribution in [3.05, 3.63) is 11.7 Å². The van der Waals surface area contributed by atoms with Crippen LogP contribution >= 0.6 is 0 Å². The van der Waals surface area contributed by atoms with E-state index in [4.69, 9.17) is 10.3 Å². The first-order chi connectivity index (χ1) is 7.70.